The molecule has 0 spiro atoms. The van der Waals surface area contributed by atoms with E-state index in [0.717, 1.165) is 23.0 Å². The Kier molecular flexibility index (Phi) is 5.91. The van der Waals surface area contributed by atoms with E-state index in [1.807, 2.05) is 0 Å². The van der Waals surface area contributed by atoms with Crippen molar-refractivity contribution in [1.29, 1.82) is 0 Å². The van der Waals surface area contributed by atoms with Crippen molar-refractivity contribution in [3.8, 4) is 0 Å². The van der Waals surface area contributed by atoms with Crippen LogP contribution in [0.2, 0.25) is 12.6 Å². The summed E-state index contributed by atoms with van der Waals surface area (Å²) in [6.45, 7) is 3.65. The van der Waals surface area contributed by atoms with Crippen LogP contribution in [0.25, 0.3) is 0 Å². The second-order valence-corrected chi connectivity index (χ2v) is 7.65. The molecule has 5 nitrogen and oxygen atoms in total. The fraction of sp³-hybridized carbons (Fsp3) is 0.875. The molecule has 2 unspecified atom stereocenters. The molecule has 88 valence electrons. The van der Waals surface area contributed by atoms with E-state index in [4.69, 9.17) is 13.6 Å². The molecule has 1 aliphatic rings. The zero-order valence-electron chi connectivity index (χ0n) is 9.23. The molecule has 0 amide bonds. The van der Waals surface area contributed by atoms with Crippen molar-refractivity contribution in [2.45, 2.75) is 25.1 Å². The Hall–Kier alpha value is -0.376. The van der Waals surface area contributed by atoms with Crippen LogP contribution in [0.15, 0.2) is 0 Å². The summed E-state index contributed by atoms with van der Waals surface area (Å²) in [6.07, 6.45) is 0.216. The van der Waals surface area contributed by atoms with Crippen molar-refractivity contribution >= 4 is 25.7 Å². The van der Waals surface area contributed by atoms with Crippen molar-refractivity contribution in [3.63, 3.8) is 0 Å². The zero-order chi connectivity index (χ0) is 11.1. The van der Waals surface area contributed by atoms with Crippen LogP contribution in [-0.4, -0.2) is 51.6 Å². The highest BCUT2D eigenvalue weighted by atomic mass is 28.3. The van der Waals surface area contributed by atoms with Gasteiger partial charge >= 0.3 is 6.16 Å². The van der Waals surface area contributed by atoms with Crippen LogP contribution in [0.3, 0.4) is 0 Å². The SMILES string of the molecule is C[SiH](CCCOCC1COC(=O)O1)O[SiH3]. The average molecular weight is 250 g/mol. The summed E-state index contributed by atoms with van der Waals surface area (Å²) in [4.78, 5) is 10.6. The standard InChI is InChI=1S/C8H18O5Si2/c1-15(13-14)4-2-3-10-5-7-6-11-8(9)12-7/h7,15H,2-6H2,1,14H3. The quantitative estimate of drug-likeness (QED) is 0.349. The highest BCUT2D eigenvalue weighted by Gasteiger charge is 2.24. The van der Waals surface area contributed by atoms with Gasteiger partial charge in [-0.1, -0.05) is 0 Å². The lowest BCUT2D eigenvalue weighted by molar-refractivity contribution is 0.0461. The van der Waals surface area contributed by atoms with Gasteiger partial charge in [0.05, 0.1) is 6.61 Å². The molecule has 1 rings (SSSR count). The van der Waals surface area contributed by atoms with Crippen LogP contribution in [0.1, 0.15) is 6.42 Å². The monoisotopic (exact) mass is 250 g/mol. The minimum absolute atomic E-state index is 0.220. The number of hydrogen-bond acceptors (Lipinski definition) is 5. The van der Waals surface area contributed by atoms with Gasteiger partial charge in [-0.15, -0.1) is 0 Å². The fourth-order valence-corrected chi connectivity index (χ4v) is 2.94. The van der Waals surface area contributed by atoms with Gasteiger partial charge in [-0.05, 0) is 19.0 Å². The Labute approximate surface area is 94.3 Å². The zero-order valence-corrected chi connectivity index (χ0v) is 12.4. The third-order valence-corrected chi connectivity index (χ3v) is 6.70. The van der Waals surface area contributed by atoms with Crippen LogP contribution < -0.4 is 0 Å². The van der Waals surface area contributed by atoms with Crippen molar-refractivity contribution in [2.75, 3.05) is 19.8 Å². The summed E-state index contributed by atoms with van der Waals surface area (Å²) in [5, 5.41) is 0. The summed E-state index contributed by atoms with van der Waals surface area (Å²) >= 11 is 0. The Balaban J connectivity index is 1.91. The lowest BCUT2D eigenvalue weighted by Gasteiger charge is -2.09. The predicted octanol–water partition coefficient (Wildman–Crippen LogP) is -0.421. The highest BCUT2D eigenvalue weighted by molar-refractivity contribution is 6.54. The second-order valence-electron chi connectivity index (χ2n) is 3.56. The van der Waals surface area contributed by atoms with Crippen molar-refractivity contribution in [1.82, 2.24) is 0 Å². The van der Waals surface area contributed by atoms with Crippen LogP contribution in [0, 0.1) is 0 Å². The van der Waals surface area contributed by atoms with Gasteiger partial charge in [0.2, 0.25) is 0 Å². The van der Waals surface area contributed by atoms with Gasteiger partial charge in [0.15, 0.2) is 15.1 Å². The van der Waals surface area contributed by atoms with Gasteiger partial charge in [0.1, 0.15) is 17.1 Å². The number of carbonyl (C=O) groups is 1. The number of ether oxygens (including phenoxy) is 3. The molecule has 0 aliphatic carbocycles. The first kappa shape index (κ1) is 12.7. The summed E-state index contributed by atoms with van der Waals surface area (Å²) in [6, 6.07) is 1.14. The molecule has 0 aromatic carbocycles. The first-order valence-corrected chi connectivity index (χ1v) is 8.42. The number of cyclic esters (lactones) is 2. The summed E-state index contributed by atoms with van der Waals surface area (Å²) in [5.41, 5.74) is 0. The van der Waals surface area contributed by atoms with Gasteiger partial charge in [-0.3, -0.25) is 0 Å². The largest absolute Gasteiger partial charge is 0.508 e. The fourth-order valence-electron chi connectivity index (χ4n) is 1.25. The smallest absolute Gasteiger partial charge is 0.466 e. The summed E-state index contributed by atoms with van der Waals surface area (Å²) < 4.78 is 20.2. The van der Waals surface area contributed by atoms with E-state index in [1.54, 1.807) is 0 Å². The Bertz CT molecular complexity index is 201. The van der Waals surface area contributed by atoms with Crippen LogP contribution in [0.4, 0.5) is 4.79 Å². The minimum atomic E-state index is -0.889. The molecule has 0 bridgehead atoms. The third kappa shape index (κ3) is 5.31. The van der Waals surface area contributed by atoms with Gasteiger partial charge < -0.3 is 18.3 Å². The van der Waals surface area contributed by atoms with Crippen LogP contribution in [0.5, 0.6) is 0 Å². The van der Waals surface area contributed by atoms with E-state index in [-0.39, 0.29) is 6.10 Å². The molecule has 1 fully saturated rings. The Morgan fingerprint density at radius 3 is 3.07 bits per heavy atom. The maximum Gasteiger partial charge on any atom is 0.508 e. The third-order valence-electron chi connectivity index (χ3n) is 2.26. The van der Waals surface area contributed by atoms with Gasteiger partial charge in [0.25, 0.3) is 0 Å². The molecule has 1 aliphatic heterocycles. The summed E-state index contributed by atoms with van der Waals surface area (Å²) in [7, 11) is -0.0466. The number of rotatable bonds is 7. The number of hydrogen-bond donors (Lipinski definition) is 0. The molecule has 1 saturated heterocycles. The summed E-state index contributed by atoms with van der Waals surface area (Å²) in [5.74, 6) is 0. The number of carbonyl (C=O) groups excluding carboxylic acids is 1. The van der Waals surface area contributed by atoms with E-state index >= 15 is 0 Å². The van der Waals surface area contributed by atoms with Crippen LogP contribution in [-0.2, 0) is 18.3 Å². The molecule has 0 radical (unpaired) electrons. The lowest BCUT2D eigenvalue weighted by atomic mass is 10.4. The van der Waals surface area contributed by atoms with Gasteiger partial charge in [-0.2, -0.15) is 0 Å². The molecule has 0 aromatic heterocycles. The van der Waals surface area contributed by atoms with E-state index < -0.39 is 15.2 Å². The molecule has 0 N–H and O–H groups in total. The molecular weight excluding hydrogens is 232 g/mol. The topological polar surface area (TPSA) is 54.0 Å². The molecule has 15 heavy (non-hydrogen) atoms. The maximum atomic E-state index is 10.6. The Morgan fingerprint density at radius 2 is 2.47 bits per heavy atom. The van der Waals surface area contributed by atoms with Crippen molar-refractivity contribution in [3.05, 3.63) is 0 Å². The maximum absolute atomic E-state index is 10.6. The first-order chi connectivity index (χ1) is 7.22. The lowest BCUT2D eigenvalue weighted by Crippen LogP contribution is -2.19. The van der Waals surface area contributed by atoms with Gasteiger partial charge in [0, 0.05) is 6.61 Å². The molecule has 2 atom stereocenters. The molecule has 0 saturated carbocycles. The van der Waals surface area contributed by atoms with Crippen molar-refractivity contribution < 1.29 is 23.1 Å². The predicted molar refractivity (Wildman–Crippen MR) is 60.5 cm³/mol. The van der Waals surface area contributed by atoms with Crippen LogP contribution >= 0.6 is 0 Å². The van der Waals surface area contributed by atoms with E-state index in [0.29, 0.717) is 19.8 Å². The molecule has 1 heterocycles. The highest BCUT2D eigenvalue weighted by Crippen LogP contribution is 2.06. The molecule has 7 heteroatoms. The average Bonchev–Trinajstić information content (AvgIpc) is 2.63. The van der Waals surface area contributed by atoms with E-state index in [9.17, 15) is 4.79 Å². The first-order valence-electron chi connectivity index (χ1n) is 5.16. The van der Waals surface area contributed by atoms with Gasteiger partial charge in [-0.25, -0.2) is 4.79 Å². The molecule has 0 aromatic rings. The molecular formula is C8H18O5Si2. The van der Waals surface area contributed by atoms with Crippen molar-refractivity contribution in [2.24, 2.45) is 0 Å². The minimum Gasteiger partial charge on any atom is -0.466 e. The second kappa shape index (κ2) is 6.99. The normalized spacial score (nSPS) is 22.5. The van der Waals surface area contributed by atoms with E-state index in [1.165, 1.54) is 0 Å². The Morgan fingerprint density at radius 1 is 1.67 bits per heavy atom. The van der Waals surface area contributed by atoms with E-state index in [2.05, 4.69) is 11.3 Å².